The molecule has 2 saturated heterocycles. The molecule has 1 atom stereocenters. The van der Waals surface area contributed by atoms with E-state index in [1.807, 2.05) is 23.2 Å². The summed E-state index contributed by atoms with van der Waals surface area (Å²) >= 11 is 0. The Hall–Kier alpha value is -1.46. The molecule has 5 heteroatoms. The second-order valence-corrected chi connectivity index (χ2v) is 7.12. The summed E-state index contributed by atoms with van der Waals surface area (Å²) in [7, 11) is 0. The second kappa shape index (κ2) is 5.97. The Kier molecular flexibility index (Phi) is 4.19. The predicted molar refractivity (Wildman–Crippen MR) is 86.3 cm³/mol. The maximum absolute atomic E-state index is 11.8. The fourth-order valence-electron chi connectivity index (χ4n) is 3.85. The maximum atomic E-state index is 11.8. The molecule has 0 bridgehead atoms. The number of amides is 1. The molecule has 2 aliphatic heterocycles. The molecule has 1 unspecified atom stereocenters. The summed E-state index contributed by atoms with van der Waals surface area (Å²) in [5.41, 5.74) is 1.18. The molecule has 3 rings (SSSR count). The van der Waals surface area contributed by atoms with E-state index >= 15 is 0 Å². The Morgan fingerprint density at radius 2 is 2.14 bits per heavy atom. The van der Waals surface area contributed by atoms with Gasteiger partial charge in [-0.3, -0.25) is 19.6 Å². The van der Waals surface area contributed by atoms with Crippen molar-refractivity contribution in [2.75, 3.05) is 32.7 Å². The van der Waals surface area contributed by atoms with Gasteiger partial charge >= 0.3 is 0 Å². The molecule has 1 aromatic heterocycles. The number of piperazine rings is 2. The molecule has 0 spiro atoms. The molecule has 0 aliphatic carbocycles. The van der Waals surface area contributed by atoms with Crippen molar-refractivity contribution in [2.45, 2.75) is 38.9 Å². The van der Waals surface area contributed by atoms with Crippen LogP contribution in [0.1, 0.15) is 26.5 Å². The Morgan fingerprint density at radius 1 is 1.32 bits per heavy atom. The van der Waals surface area contributed by atoms with E-state index in [0.29, 0.717) is 6.04 Å². The van der Waals surface area contributed by atoms with E-state index in [1.54, 1.807) is 6.92 Å². The van der Waals surface area contributed by atoms with Gasteiger partial charge in [0.05, 0.1) is 5.69 Å². The standard InChI is InChI=1S/C17H26N4O/c1-14(22)20-12-16-11-19(10-15-6-4-5-7-18-15)8-9-21(16)17(2,3)13-20/h4-7,16H,8-13H2,1-3H3. The predicted octanol–water partition coefficient (Wildman–Crippen LogP) is 1.21. The number of carbonyl (C=O) groups is 1. The summed E-state index contributed by atoms with van der Waals surface area (Å²) in [5, 5.41) is 0. The van der Waals surface area contributed by atoms with Gasteiger partial charge in [0.2, 0.25) is 5.91 Å². The number of hydrogen-bond donors (Lipinski definition) is 0. The number of pyridine rings is 1. The molecule has 2 fully saturated rings. The van der Waals surface area contributed by atoms with Crippen LogP contribution in [0.2, 0.25) is 0 Å². The third-order valence-corrected chi connectivity index (χ3v) is 4.91. The molecular weight excluding hydrogens is 276 g/mol. The van der Waals surface area contributed by atoms with E-state index in [9.17, 15) is 4.79 Å². The Labute approximate surface area is 132 Å². The fourth-order valence-corrected chi connectivity index (χ4v) is 3.85. The molecule has 0 saturated carbocycles. The lowest BCUT2D eigenvalue weighted by molar-refractivity contribution is -0.139. The van der Waals surface area contributed by atoms with E-state index in [1.165, 1.54) is 0 Å². The number of aromatic nitrogens is 1. The number of hydrogen-bond acceptors (Lipinski definition) is 4. The molecule has 0 radical (unpaired) electrons. The average molecular weight is 302 g/mol. The summed E-state index contributed by atoms with van der Waals surface area (Å²) in [5.74, 6) is 0.189. The molecule has 1 amide bonds. The first-order valence-corrected chi connectivity index (χ1v) is 8.10. The summed E-state index contributed by atoms with van der Waals surface area (Å²) in [6.45, 7) is 11.9. The van der Waals surface area contributed by atoms with Gasteiger partial charge in [0.1, 0.15) is 0 Å². The molecule has 2 aliphatic rings. The SMILES string of the molecule is CC(=O)N1CC2CN(Cc3ccccn3)CCN2C(C)(C)C1. The quantitative estimate of drug-likeness (QED) is 0.823. The molecular formula is C17H26N4O. The van der Waals surface area contributed by atoms with Gasteiger partial charge < -0.3 is 4.90 Å². The average Bonchev–Trinajstić information content (AvgIpc) is 2.47. The number of rotatable bonds is 2. The van der Waals surface area contributed by atoms with Crippen LogP contribution in [0.25, 0.3) is 0 Å². The zero-order valence-electron chi connectivity index (χ0n) is 13.8. The van der Waals surface area contributed by atoms with Gasteiger partial charge in [-0.15, -0.1) is 0 Å². The van der Waals surface area contributed by atoms with E-state index < -0.39 is 0 Å². The monoisotopic (exact) mass is 302 g/mol. The number of carbonyl (C=O) groups excluding carboxylic acids is 1. The van der Waals surface area contributed by atoms with Gasteiger partial charge in [-0.05, 0) is 26.0 Å². The summed E-state index contributed by atoms with van der Waals surface area (Å²) in [6.07, 6.45) is 1.85. The van der Waals surface area contributed by atoms with Crippen LogP contribution in [-0.4, -0.2) is 69.9 Å². The van der Waals surface area contributed by atoms with E-state index in [2.05, 4.69) is 34.7 Å². The lowest BCUT2D eigenvalue weighted by Gasteiger charge is -2.55. The molecule has 5 nitrogen and oxygen atoms in total. The van der Waals surface area contributed by atoms with Crippen molar-refractivity contribution in [1.82, 2.24) is 19.7 Å². The third kappa shape index (κ3) is 3.15. The van der Waals surface area contributed by atoms with Crippen molar-refractivity contribution in [2.24, 2.45) is 0 Å². The molecule has 1 aromatic rings. The van der Waals surface area contributed by atoms with E-state index in [0.717, 1.165) is 45.0 Å². The lowest BCUT2D eigenvalue weighted by Crippen LogP contribution is -2.70. The third-order valence-electron chi connectivity index (χ3n) is 4.91. The minimum atomic E-state index is 0.0612. The summed E-state index contributed by atoms with van der Waals surface area (Å²) in [4.78, 5) is 23.3. The summed E-state index contributed by atoms with van der Waals surface area (Å²) in [6, 6.07) is 6.50. The molecule has 3 heterocycles. The van der Waals surface area contributed by atoms with Gasteiger partial charge in [-0.2, -0.15) is 0 Å². The minimum Gasteiger partial charge on any atom is -0.339 e. The zero-order chi connectivity index (χ0) is 15.7. The van der Waals surface area contributed by atoms with Crippen molar-refractivity contribution in [3.8, 4) is 0 Å². The van der Waals surface area contributed by atoms with Gasteiger partial charge in [0, 0.05) is 64.0 Å². The van der Waals surface area contributed by atoms with E-state index in [4.69, 9.17) is 0 Å². The lowest BCUT2D eigenvalue weighted by atomic mass is 9.92. The molecule has 22 heavy (non-hydrogen) atoms. The van der Waals surface area contributed by atoms with Crippen LogP contribution in [0.5, 0.6) is 0 Å². The van der Waals surface area contributed by atoms with Crippen molar-refractivity contribution >= 4 is 5.91 Å². The van der Waals surface area contributed by atoms with Crippen LogP contribution in [0.3, 0.4) is 0 Å². The van der Waals surface area contributed by atoms with Crippen LogP contribution in [0.4, 0.5) is 0 Å². The zero-order valence-corrected chi connectivity index (χ0v) is 13.8. The Balaban J connectivity index is 1.69. The first-order valence-electron chi connectivity index (χ1n) is 8.10. The maximum Gasteiger partial charge on any atom is 0.219 e. The Morgan fingerprint density at radius 3 is 2.82 bits per heavy atom. The van der Waals surface area contributed by atoms with Crippen LogP contribution in [0, 0.1) is 0 Å². The fraction of sp³-hybridized carbons (Fsp3) is 0.647. The molecule has 120 valence electrons. The highest BCUT2D eigenvalue weighted by atomic mass is 16.2. The first kappa shape index (κ1) is 15.4. The van der Waals surface area contributed by atoms with Gasteiger partial charge in [-0.1, -0.05) is 6.07 Å². The smallest absolute Gasteiger partial charge is 0.219 e. The van der Waals surface area contributed by atoms with Crippen LogP contribution < -0.4 is 0 Å². The van der Waals surface area contributed by atoms with Gasteiger partial charge in [0.15, 0.2) is 0 Å². The largest absolute Gasteiger partial charge is 0.339 e. The molecule has 0 aromatic carbocycles. The van der Waals surface area contributed by atoms with Gasteiger partial charge in [0.25, 0.3) is 0 Å². The van der Waals surface area contributed by atoms with Gasteiger partial charge in [-0.25, -0.2) is 0 Å². The van der Waals surface area contributed by atoms with Crippen molar-refractivity contribution in [3.63, 3.8) is 0 Å². The van der Waals surface area contributed by atoms with Crippen LogP contribution in [-0.2, 0) is 11.3 Å². The number of nitrogens with zero attached hydrogens (tertiary/aromatic N) is 4. The van der Waals surface area contributed by atoms with Crippen molar-refractivity contribution < 1.29 is 4.79 Å². The van der Waals surface area contributed by atoms with Crippen LogP contribution >= 0.6 is 0 Å². The Bertz CT molecular complexity index is 531. The first-order chi connectivity index (χ1) is 10.5. The van der Waals surface area contributed by atoms with Crippen molar-refractivity contribution in [3.05, 3.63) is 30.1 Å². The van der Waals surface area contributed by atoms with Crippen LogP contribution in [0.15, 0.2) is 24.4 Å². The highest BCUT2D eigenvalue weighted by Gasteiger charge is 2.43. The number of fused-ring (bicyclic) bond motifs is 1. The highest BCUT2D eigenvalue weighted by molar-refractivity contribution is 5.73. The highest BCUT2D eigenvalue weighted by Crippen LogP contribution is 2.28. The van der Waals surface area contributed by atoms with E-state index in [-0.39, 0.29) is 11.4 Å². The topological polar surface area (TPSA) is 39.7 Å². The van der Waals surface area contributed by atoms with Crippen molar-refractivity contribution in [1.29, 1.82) is 0 Å². The summed E-state index contributed by atoms with van der Waals surface area (Å²) < 4.78 is 0. The molecule has 0 N–H and O–H groups in total. The second-order valence-electron chi connectivity index (χ2n) is 7.12. The normalized spacial score (nSPS) is 25.8. The minimum absolute atomic E-state index is 0.0612.